The molecule has 4 heteroatoms. The number of hydrogen-bond donors (Lipinski definition) is 1. The van der Waals surface area contributed by atoms with Crippen molar-refractivity contribution in [1.29, 1.82) is 0 Å². The van der Waals surface area contributed by atoms with E-state index >= 15 is 0 Å². The van der Waals surface area contributed by atoms with Crippen LogP contribution < -0.4 is 5.73 Å². The predicted octanol–water partition coefficient (Wildman–Crippen LogP) is 1.72. The van der Waals surface area contributed by atoms with E-state index in [1.54, 1.807) is 19.1 Å². The standard InChI is InChI=1S/C10H12N2O2/c1-6-2-3-7(8-5-9(8)11)4-10(6)12(13)14/h2-4,8-9H,5,11H2,1H3/t8-,9+/m0/s1. The summed E-state index contributed by atoms with van der Waals surface area (Å²) in [6.45, 7) is 1.74. The number of nitrogens with two attached hydrogens (primary N) is 1. The van der Waals surface area contributed by atoms with Crippen LogP contribution in [0.1, 0.15) is 23.5 Å². The molecule has 1 aromatic rings. The third-order valence-corrected chi connectivity index (χ3v) is 2.70. The molecule has 1 aliphatic rings. The Hall–Kier alpha value is -1.42. The number of nitro benzene ring substituents is 1. The number of benzene rings is 1. The fourth-order valence-corrected chi connectivity index (χ4v) is 1.65. The molecule has 0 spiro atoms. The van der Waals surface area contributed by atoms with E-state index in [4.69, 9.17) is 5.73 Å². The molecule has 2 atom stereocenters. The molecule has 0 bridgehead atoms. The molecule has 14 heavy (non-hydrogen) atoms. The Morgan fingerprint density at radius 2 is 2.21 bits per heavy atom. The fourth-order valence-electron chi connectivity index (χ4n) is 1.65. The van der Waals surface area contributed by atoms with Gasteiger partial charge in [-0.2, -0.15) is 0 Å². The molecular formula is C10H12N2O2. The van der Waals surface area contributed by atoms with Crippen LogP contribution in [-0.2, 0) is 0 Å². The van der Waals surface area contributed by atoms with Gasteiger partial charge >= 0.3 is 0 Å². The molecule has 0 aliphatic heterocycles. The van der Waals surface area contributed by atoms with E-state index in [1.165, 1.54) is 0 Å². The molecule has 2 N–H and O–H groups in total. The van der Waals surface area contributed by atoms with E-state index in [0.29, 0.717) is 11.5 Å². The zero-order chi connectivity index (χ0) is 10.3. The highest BCUT2D eigenvalue weighted by atomic mass is 16.6. The van der Waals surface area contributed by atoms with Crippen LogP contribution in [-0.4, -0.2) is 11.0 Å². The first kappa shape index (κ1) is 9.15. The maximum atomic E-state index is 10.7. The fraction of sp³-hybridized carbons (Fsp3) is 0.400. The highest BCUT2D eigenvalue weighted by Crippen LogP contribution is 2.40. The third-order valence-electron chi connectivity index (χ3n) is 2.70. The van der Waals surface area contributed by atoms with Crippen molar-refractivity contribution in [2.45, 2.75) is 25.3 Å². The van der Waals surface area contributed by atoms with E-state index in [-0.39, 0.29) is 16.7 Å². The number of rotatable bonds is 2. The second kappa shape index (κ2) is 3.06. The molecule has 0 heterocycles. The average molecular weight is 192 g/mol. The van der Waals surface area contributed by atoms with E-state index in [0.717, 1.165) is 12.0 Å². The van der Waals surface area contributed by atoms with Gasteiger partial charge in [-0.25, -0.2) is 0 Å². The molecule has 0 radical (unpaired) electrons. The van der Waals surface area contributed by atoms with Crippen LogP contribution in [0.15, 0.2) is 18.2 Å². The maximum absolute atomic E-state index is 10.7. The van der Waals surface area contributed by atoms with Crippen LogP contribution >= 0.6 is 0 Å². The zero-order valence-corrected chi connectivity index (χ0v) is 7.93. The molecule has 0 aromatic heterocycles. The maximum Gasteiger partial charge on any atom is 0.272 e. The first-order valence-electron chi connectivity index (χ1n) is 4.60. The van der Waals surface area contributed by atoms with Crippen LogP contribution in [0.5, 0.6) is 0 Å². The van der Waals surface area contributed by atoms with Gasteiger partial charge in [-0.15, -0.1) is 0 Å². The van der Waals surface area contributed by atoms with Crippen LogP contribution in [0.4, 0.5) is 5.69 Å². The molecule has 0 saturated heterocycles. The summed E-state index contributed by atoms with van der Waals surface area (Å²) in [7, 11) is 0. The van der Waals surface area contributed by atoms with Crippen LogP contribution in [0.2, 0.25) is 0 Å². The third kappa shape index (κ3) is 1.48. The molecule has 0 amide bonds. The average Bonchev–Trinajstić information content (AvgIpc) is 2.83. The summed E-state index contributed by atoms with van der Waals surface area (Å²) < 4.78 is 0. The second-order valence-electron chi connectivity index (χ2n) is 3.81. The molecule has 1 aromatic carbocycles. The molecular weight excluding hydrogens is 180 g/mol. The van der Waals surface area contributed by atoms with E-state index < -0.39 is 0 Å². The Labute approximate surface area is 81.9 Å². The minimum Gasteiger partial charge on any atom is -0.327 e. The lowest BCUT2D eigenvalue weighted by atomic mass is 10.1. The number of nitro groups is 1. The summed E-state index contributed by atoms with van der Waals surface area (Å²) in [6, 6.07) is 5.56. The highest BCUT2D eigenvalue weighted by molar-refractivity contribution is 5.45. The van der Waals surface area contributed by atoms with Crippen LogP contribution in [0.3, 0.4) is 0 Å². The van der Waals surface area contributed by atoms with Gasteiger partial charge in [0.15, 0.2) is 0 Å². The number of nitrogens with zero attached hydrogens (tertiary/aromatic N) is 1. The minimum atomic E-state index is -0.341. The van der Waals surface area contributed by atoms with Gasteiger partial charge in [0.1, 0.15) is 0 Å². The summed E-state index contributed by atoms with van der Waals surface area (Å²) in [4.78, 5) is 10.3. The Balaban J connectivity index is 2.36. The number of aryl methyl sites for hydroxylation is 1. The Kier molecular flexibility index (Phi) is 2.00. The lowest BCUT2D eigenvalue weighted by molar-refractivity contribution is -0.385. The van der Waals surface area contributed by atoms with Crippen molar-refractivity contribution in [2.75, 3.05) is 0 Å². The quantitative estimate of drug-likeness (QED) is 0.573. The van der Waals surface area contributed by atoms with Crippen molar-refractivity contribution in [1.82, 2.24) is 0 Å². The van der Waals surface area contributed by atoms with Gasteiger partial charge < -0.3 is 5.73 Å². The van der Waals surface area contributed by atoms with Gasteiger partial charge in [-0.1, -0.05) is 12.1 Å². The van der Waals surface area contributed by atoms with Gasteiger partial charge in [-0.3, -0.25) is 10.1 Å². The van der Waals surface area contributed by atoms with Crippen LogP contribution in [0.25, 0.3) is 0 Å². The van der Waals surface area contributed by atoms with E-state index in [2.05, 4.69) is 0 Å². The summed E-state index contributed by atoms with van der Waals surface area (Å²) >= 11 is 0. The summed E-state index contributed by atoms with van der Waals surface area (Å²) in [6.07, 6.45) is 0.945. The van der Waals surface area contributed by atoms with E-state index in [1.807, 2.05) is 6.07 Å². The first-order chi connectivity index (χ1) is 6.59. The van der Waals surface area contributed by atoms with Gasteiger partial charge in [-0.05, 0) is 18.9 Å². The molecule has 4 nitrogen and oxygen atoms in total. The van der Waals surface area contributed by atoms with Gasteiger partial charge in [0.25, 0.3) is 5.69 Å². The van der Waals surface area contributed by atoms with Gasteiger partial charge in [0.05, 0.1) is 4.92 Å². The summed E-state index contributed by atoms with van der Waals surface area (Å²) in [5, 5.41) is 10.7. The molecule has 2 rings (SSSR count). The second-order valence-corrected chi connectivity index (χ2v) is 3.81. The SMILES string of the molecule is Cc1ccc([C@@H]2C[C@H]2N)cc1[N+](=O)[O-]. The Bertz CT molecular complexity index is 390. The lowest BCUT2D eigenvalue weighted by Crippen LogP contribution is -2.01. The minimum absolute atomic E-state index is 0.192. The molecule has 1 saturated carbocycles. The topological polar surface area (TPSA) is 69.2 Å². The lowest BCUT2D eigenvalue weighted by Gasteiger charge is -2.01. The summed E-state index contributed by atoms with van der Waals surface area (Å²) in [5.74, 6) is 0.328. The highest BCUT2D eigenvalue weighted by Gasteiger charge is 2.35. The monoisotopic (exact) mass is 192 g/mol. The van der Waals surface area contributed by atoms with Crippen molar-refractivity contribution in [3.63, 3.8) is 0 Å². The van der Waals surface area contributed by atoms with Gasteiger partial charge in [0, 0.05) is 23.6 Å². The van der Waals surface area contributed by atoms with Crippen molar-refractivity contribution in [2.24, 2.45) is 5.73 Å². The predicted molar refractivity (Wildman–Crippen MR) is 53.2 cm³/mol. The van der Waals surface area contributed by atoms with Gasteiger partial charge in [0.2, 0.25) is 0 Å². The first-order valence-corrected chi connectivity index (χ1v) is 4.60. The number of hydrogen-bond acceptors (Lipinski definition) is 3. The molecule has 1 fully saturated rings. The van der Waals surface area contributed by atoms with Crippen molar-refractivity contribution in [3.05, 3.63) is 39.4 Å². The summed E-state index contributed by atoms with van der Waals surface area (Å²) in [5.41, 5.74) is 7.59. The molecule has 74 valence electrons. The van der Waals surface area contributed by atoms with Crippen molar-refractivity contribution in [3.8, 4) is 0 Å². The van der Waals surface area contributed by atoms with Crippen molar-refractivity contribution < 1.29 is 4.92 Å². The molecule has 1 aliphatic carbocycles. The van der Waals surface area contributed by atoms with E-state index in [9.17, 15) is 10.1 Å². The largest absolute Gasteiger partial charge is 0.327 e. The Morgan fingerprint density at radius 1 is 1.57 bits per heavy atom. The smallest absolute Gasteiger partial charge is 0.272 e. The van der Waals surface area contributed by atoms with Crippen molar-refractivity contribution >= 4 is 5.69 Å². The normalized spacial score (nSPS) is 24.7. The van der Waals surface area contributed by atoms with Crippen LogP contribution in [0, 0.1) is 17.0 Å². The Morgan fingerprint density at radius 3 is 2.71 bits per heavy atom. The zero-order valence-electron chi connectivity index (χ0n) is 7.93. The molecule has 0 unspecified atom stereocenters.